The van der Waals surface area contributed by atoms with Gasteiger partial charge in [-0.3, -0.25) is 0 Å². The second-order valence-electron chi connectivity index (χ2n) is 5.72. The van der Waals surface area contributed by atoms with Gasteiger partial charge in [0, 0.05) is 21.7 Å². The molecule has 0 saturated heterocycles. The number of para-hydroxylation sites is 1. The molecule has 0 amide bonds. The number of thiophene rings is 1. The molecule has 0 spiro atoms. The van der Waals surface area contributed by atoms with Crippen molar-refractivity contribution in [2.24, 2.45) is 5.73 Å². The van der Waals surface area contributed by atoms with Crippen molar-refractivity contribution in [2.75, 3.05) is 6.61 Å². The summed E-state index contributed by atoms with van der Waals surface area (Å²) in [5, 5.41) is 0. The van der Waals surface area contributed by atoms with E-state index in [9.17, 15) is 0 Å². The molecule has 0 saturated carbocycles. The fourth-order valence-electron chi connectivity index (χ4n) is 3.31. The molecule has 2 nitrogen and oxygen atoms in total. The lowest BCUT2D eigenvalue weighted by Gasteiger charge is -2.14. The van der Waals surface area contributed by atoms with E-state index in [1.807, 2.05) is 11.3 Å². The largest absolute Gasteiger partial charge is 0.493 e. The summed E-state index contributed by atoms with van der Waals surface area (Å²) in [6.45, 7) is 0.792. The monoisotopic (exact) mass is 285 g/mol. The van der Waals surface area contributed by atoms with Crippen LogP contribution in [0.1, 0.15) is 45.3 Å². The van der Waals surface area contributed by atoms with Gasteiger partial charge in [-0.2, -0.15) is 0 Å². The molecule has 3 heteroatoms. The van der Waals surface area contributed by atoms with Crippen molar-refractivity contribution in [2.45, 2.75) is 38.1 Å². The zero-order valence-electron chi connectivity index (χ0n) is 11.5. The SMILES string of the molecule is NC(c1cc2c(s1)CCCC2)c1cccc2c1OCC2. The van der Waals surface area contributed by atoms with Gasteiger partial charge in [0.05, 0.1) is 12.6 Å². The molecule has 2 aliphatic rings. The Labute approximate surface area is 123 Å². The normalized spacial score (nSPS) is 18.2. The highest BCUT2D eigenvalue weighted by Crippen LogP contribution is 2.39. The molecule has 2 N–H and O–H groups in total. The third kappa shape index (κ3) is 1.97. The van der Waals surface area contributed by atoms with Crippen LogP contribution in [0.3, 0.4) is 0 Å². The molecule has 1 aliphatic carbocycles. The van der Waals surface area contributed by atoms with E-state index in [1.165, 1.54) is 41.7 Å². The van der Waals surface area contributed by atoms with Gasteiger partial charge in [0.2, 0.25) is 0 Å². The molecular weight excluding hydrogens is 266 g/mol. The molecule has 2 heterocycles. The Kier molecular flexibility index (Phi) is 3.04. The fraction of sp³-hybridized carbons (Fsp3) is 0.412. The average molecular weight is 285 g/mol. The molecule has 4 rings (SSSR count). The van der Waals surface area contributed by atoms with Gasteiger partial charge in [-0.1, -0.05) is 18.2 Å². The Hall–Kier alpha value is -1.32. The van der Waals surface area contributed by atoms with E-state index in [1.54, 1.807) is 4.88 Å². The van der Waals surface area contributed by atoms with Crippen molar-refractivity contribution >= 4 is 11.3 Å². The number of benzene rings is 1. The highest BCUT2D eigenvalue weighted by atomic mass is 32.1. The van der Waals surface area contributed by atoms with E-state index in [0.717, 1.165) is 24.3 Å². The summed E-state index contributed by atoms with van der Waals surface area (Å²) in [5.74, 6) is 1.03. The minimum Gasteiger partial charge on any atom is -0.493 e. The summed E-state index contributed by atoms with van der Waals surface area (Å²) in [5.41, 5.74) is 10.5. The maximum atomic E-state index is 6.53. The average Bonchev–Trinajstić information content (AvgIpc) is 3.12. The molecular formula is C17H19NOS. The lowest BCUT2D eigenvalue weighted by molar-refractivity contribution is 0.352. The van der Waals surface area contributed by atoms with Crippen molar-refractivity contribution in [3.8, 4) is 5.75 Å². The summed E-state index contributed by atoms with van der Waals surface area (Å²) < 4.78 is 5.80. The fourth-order valence-corrected chi connectivity index (χ4v) is 4.58. The first-order chi connectivity index (χ1) is 9.83. The Morgan fingerprint density at radius 3 is 2.90 bits per heavy atom. The molecule has 2 aromatic rings. The van der Waals surface area contributed by atoms with E-state index < -0.39 is 0 Å². The highest BCUT2D eigenvalue weighted by molar-refractivity contribution is 7.12. The van der Waals surface area contributed by atoms with Crippen LogP contribution in [0.15, 0.2) is 24.3 Å². The van der Waals surface area contributed by atoms with Crippen LogP contribution in [-0.4, -0.2) is 6.61 Å². The zero-order valence-corrected chi connectivity index (χ0v) is 12.3. The van der Waals surface area contributed by atoms with E-state index in [2.05, 4.69) is 24.3 Å². The number of aryl methyl sites for hydroxylation is 2. The lowest BCUT2D eigenvalue weighted by atomic mass is 9.97. The van der Waals surface area contributed by atoms with Crippen LogP contribution in [0.2, 0.25) is 0 Å². The molecule has 0 bridgehead atoms. The van der Waals surface area contributed by atoms with Crippen molar-refractivity contribution in [1.82, 2.24) is 0 Å². The first-order valence-electron chi connectivity index (χ1n) is 7.44. The maximum absolute atomic E-state index is 6.53. The summed E-state index contributed by atoms with van der Waals surface area (Å²) in [6, 6.07) is 8.67. The third-order valence-electron chi connectivity index (χ3n) is 4.40. The first-order valence-corrected chi connectivity index (χ1v) is 8.26. The second kappa shape index (κ2) is 4.90. The zero-order chi connectivity index (χ0) is 13.5. The quantitative estimate of drug-likeness (QED) is 0.915. The van der Waals surface area contributed by atoms with Crippen molar-refractivity contribution in [3.63, 3.8) is 0 Å². The summed E-state index contributed by atoms with van der Waals surface area (Å²) in [7, 11) is 0. The maximum Gasteiger partial charge on any atom is 0.127 e. The predicted molar refractivity (Wildman–Crippen MR) is 82.6 cm³/mol. The van der Waals surface area contributed by atoms with Gasteiger partial charge < -0.3 is 10.5 Å². The predicted octanol–water partition coefficient (Wildman–Crippen LogP) is 3.61. The van der Waals surface area contributed by atoms with Gasteiger partial charge in [-0.05, 0) is 42.9 Å². The molecule has 20 heavy (non-hydrogen) atoms. The standard InChI is InChI=1S/C17H19NOS/c18-16(13-6-3-5-11-8-9-19-17(11)13)15-10-12-4-1-2-7-14(12)20-15/h3,5-6,10,16H,1-2,4,7-9,18H2. The van der Waals surface area contributed by atoms with Gasteiger partial charge in [0.1, 0.15) is 5.75 Å². The van der Waals surface area contributed by atoms with Crippen LogP contribution in [0.4, 0.5) is 0 Å². The molecule has 1 atom stereocenters. The van der Waals surface area contributed by atoms with Crippen molar-refractivity contribution < 1.29 is 4.74 Å². The number of nitrogens with two attached hydrogens (primary N) is 1. The summed E-state index contributed by atoms with van der Waals surface area (Å²) in [6.07, 6.45) is 6.11. The minimum atomic E-state index is -0.0429. The van der Waals surface area contributed by atoms with Gasteiger partial charge in [0.25, 0.3) is 0 Å². The number of hydrogen-bond donors (Lipinski definition) is 1. The number of rotatable bonds is 2. The third-order valence-corrected chi connectivity index (χ3v) is 5.72. The van der Waals surface area contributed by atoms with Crippen LogP contribution < -0.4 is 10.5 Å². The van der Waals surface area contributed by atoms with Crippen LogP contribution in [0.5, 0.6) is 5.75 Å². The summed E-state index contributed by atoms with van der Waals surface area (Å²) in [4.78, 5) is 2.84. The van der Waals surface area contributed by atoms with E-state index in [4.69, 9.17) is 10.5 Å². The van der Waals surface area contributed by atoms with E-state index in [-0.39, 0.29) is 6.04 Å². The highest BCUT2D eigenvalue weighted by Gasteiger charge is 2.23. The molecule has 1 aromatic heterocycles. The Morgan fingerprint density at radius 1 is 1.10 bits per heavy atom. The lowest BCUT2D eigenvalue weighted by Crippen LogP contribution is -2.11. The van der Waals surface area contributed by atoms with Gasteiger partial charge >= 0.3 is 0 Å². The smallest absolute Gasteiger partial charge is 0.127 e. The Bertz CT molecular complexity index is 623. The topological polar surface area (TPSA) is 35.2 Å². The van der Waals surface area contributed by atoms with Crippen LogP contribution >= 0.6 is 11.3 Å². The number of ether oxygens (including phenoxy) is 1. The number of hydrogen-bond acceptors (Lipinski definition) is 3. The van der Waals surface area contributed by atoms with Gasteiger partial charge in [0.15, 0.2) is 0 Å². The number of fused-ring (bicyclic) bond motifs is 2. The van der Waals surface area contributed by atoms with E-state index in [0.29, 0.717) is 0 Å². The van der Waals surface area contributed by atoms with Crippen molar-refractivity contribution in [1.29, 1.82) is 0 Å². The minimum absolute atomic E-state index is 0.0429. The molecule has 0 fully saturated rings. The van der Waals surface area contributed by atoms with Gasteiger partial charge in [-0.25, -0.2) is 0 Å². The second-order valence-corrected chi connectivity index (χ2v) is 6.88. The summed E-state index contributed by atoms with van der Waals surface area (Å²) >= 11 is 1.90. The van der Waals surface area contributed by atoms with Crippen LogP contribution in [0.25, 0.3) is 0 Å². The molecule has 0 radical (unpaired) electrons. The molecule has 104 valence electrons. The Balaban J connectivity index is 1.72. The molecule has 1 unspecified atom stereocenters. The van der Waals surface area contributed by atoms with Crippen LogP contribution in [0, 0.1) is 0 Å². The van der Waals surface area contributed by atoms with E-state index >= 15 is 0 Å². The van der Waals surface area contributed by atoms with Crippen LogP contribution in [-0.2, 0) is 19.3 Å². The molecule has 1 aliphatic heterocycles. The van der Waals surface area contributed by atoms with Crippen molar-refractivity contribution in [3.05, 3.63) is 50.7 Å². The molecule has 1 aromatic carbocycles. The Morgan fingerprint density at radius 2 is 2.00 bits per heavy atom. The van der Waals surface area contributed by atoms with Gasteiger partial charge in [-0.15, -0.1) is 11.3 Å². The first kappa shape index (κ1) is 12.4.